The molecule has 0 saturated carbocycles. The third-order valence-corrected chi connectivity index (χ3v) is 4.28. The molecule has 28 heavy (non-hydrogen) atoms. The fraction of sp³-hybridized carbons (Fsp3) is 0.150. The molecule has 0 aliphatic rings. The molecular weight excluding hydrogens is 360 g/mol. The molecule has 3 aromatic rings. The Morgan fingerprint density at radius 3 is 2.46 bits per heavy atom. The summed E-state index contributed by atoms with van der Waals surface area (Å²) in [5, 5.41) is 17.9. The number of carbonyl (C=O) groups excluding carboxylic acids is 1. The highest BCUT2D eigenvalue weighted by molar-refractivity contribution is 5.95. The summed E-state index contributed by atoms with van der Waals surface area (Å²) in [7, 11) is 0. The van der Waals surface area contributed by atoms with Crippen molar-refractivity contribution < 1.29 is 9.72 Å². The lowest BCUT2D eigenvalue weighted by Crippen LogP contribution is -2.33. The van der Waals surface area contributed by atoms with Crippen LogP contribution in [0.4, 0.5) is 11.4 Å². The lowest BCUT2D eigenvalue weighted by atomic mass is 10.1. The molecule has 1 atom stereocenters. The van der Waals surface area contributed by atoms with Crippen molar-refractivity contribution in [2.24, 2.45) is 0 Å². The standard InChI is InChI=1S/C20H18N4O4/c1-13-7-9-15(10-8-13)16-11-12-19(25)23(22-16)14(2)20(26)21-17-5-3-4-6-18(17)24(27)28/h3-12,14H,1-2H3,(H,21,26). The molecule has 8 heteroatoms. The van der Waals surface area contributed by atoms with E-state index in [2.05, 4.69) is 10.4 Å². The zero-order valence-corrected chi connectivity index (χ0v) is 15.3. The van der Waals surface area contributed by atoms with E-state index in [0.29, 0.717) is 5.69 Å². The average molecular weight is 378 g/mol. The molecule has 142 valence electrons. The van der Waals surface area contributed by atoms with Gasteiger partial charge in [-0.25, -0.2) is 4.68 Å². The van der Waals surface area contributed by atoms with Gasteiger partial charge in [0, 0.05) is 17.7 Å². The molecule has 3 rings (SSSR count). The van der Waals surface area contributed by atoms with Crippen LogP contribution in [0, 0.1) is 17.0 Å². The van der Waals surface area contributed by atoms with Gasteiger partial charge in [0.15, 0.2) is 0 Å². The first kappa shape index (κ1) is 19.0. The van der Waals surface area contributed by atoms with Crippen LogP contribution >= 0.6 is 0 Å². The Bertz CT molecular complexity index is 1090. The molecule has 1 unspecified atom stereocenters. The molecule has 1 amide bonds. The van der Waals surface area contributed by atoms with Crippen molar-refractivity contribution in [3.05, 3.63) is 86.7 Å². The first-order valence-corrected chi connectivity index (χ1v) is 8.58. The van der Waals surface area contributed by atoms with Crippen LogP contribution < -0.4 is 10.9 Å². The van der Waals surface area contributed by atoms with Crippen LogP contribution in [-0.2, 0) is 4.79 Å². The minimum atomic E-state index is -0.960. The summed E-state index contributed by atoms with van der Waals surface area (Å²) in [5.74, 6) is -0.579. The topological polar surface area (TPSA) is 107 Å². The van der Waals surface area contributed by atoms with Gasteiger partial charge in [-0.05, 0) is 26.0 Å². The first-order chi connectivity index (χ1) is 13.4. The number of carbonyl (C=O) groups is 1. The van der Waals surface area contributed by atoms with Gasteiger partial charge in [-0.2, -0.15) is 5.10 Å². The number of nitrogens with one attached hydrogen (secondary N) is 1. The van der Waals surface area contributed by atoms with E-state index < -0.39 is 22.4 Å². The van der Waals surface area contributed by atoms with Gasteiger partial charge in [-0.3, -0.25) is 19.7 Å². The van der Waals surface area contributed by atoms with Gasteiger partial charge in [-0.15, -0.1) is 0 Å². The van der Waals surface area contributed by atoms with Gasteiger partial charge < -0.3 is 5.32 Å². The number of rotatable bonds is 5. The molecule has 0 fully saturated rings. The van der Waals surface area contributed by atoms with Crippen LogP contribution in [0.25, 0.3) is 11.3 Å². The summed E-state index contributed by atoms with van der Waals surface area (Å²) < 4.78 is 1.07. The van der Waals surface area contributed by atoms with Gasteiger partial charge in [-0.1, -0.05) is 42.0 Å². The number of para-hydroxylation sites is 2. The lowest BCUT2D eigenvalue weighted by molar-refractivity contribution is -0.383. The normalized spacial score (nSPS) is 11.6. The van der Waals surface area contributed by atoms with Gasteiger partial charge in [0.05, 0.1) is 10.6 Å². The van der Waals surface area contributed by atoms with E-state index in [1.807, 2.05) is 31.2 Å². The van der Waals surface area contributed by atoms with Crippen LogP contribution in [0.2, 0.25) is 0 Å². The van der Waals surface area contributed by atoms with Crippen molar-refractivity contribution in [1.82, 2.24) is 9.78 Å². The SMILES string of the molecule is Cc1ccc(-c2ccc(=O)n(C(C)C(=O)Nc3ccccc3[N+](=O)[O-])n2)cc1. The summed E-state index contributed by atoms with van der Waals surface area (Å²) >= 11 is 0. The van der Waals surface area contributed by atoms with Crippen molar-refractivity contribution in [3.63, 3.8) is 0 Å². The number of hydrogen-bond donors (Lipinski definition) is 1. The summed E-state index contributed by atoms with van der Waals surface area (Å²) in [6.07, 6.45) is 0. The van der Waals surface area contributed by atoms with Crippen molar-refractivity contribution in [1.29, 1.82) is 0 Å². The number of amides is 1. The van der Waals surface area contributed by atoms with Crippen LogP contribution in [0.15, 0.2) is 65.5 Å². The molecule has 0 radical (unpaired) electrons. The second-order valence-electron chi connectivity index (χ2n) is 6.31. The van der Waals surface area contributed by atoms with Crippen molar-refractivity contribution >= 4 is 17.3 Å². The fourth-order valence-corrected chi connectivity index (χ4v) is 2.67. The Balaban J connectivity index is 1.90. The van der Waals surface area contributed by atoms with Gasteiger partial charge in [0.1, 0.15) is 11.7 Å². The predicted molar refractivity (Wildman–Crippen MR) is 105 cm³/mol. The molecule has 2 aromatic carbocycles. The fourth-order valence-electron chi connectivity index (χ4n) is 2.67. The van der Waals surface area contributed by atoms with E-state index in [1.54, 1.807) is 12.1 Å². The molecule has 0 bridgehead atoms. The number of nitro groups is 1. The van der Waals surface area contributed by atoms with E-state index in [9.17, 15) is 19.7 Å². The molecular formula is C20H18N4O4. The molecule has 0 aliphatic carbocycles. The second-order valence-corrected chi connectivity index (χ2v) is 6.31. The smallest absolute Gasteiger partial charge is 0.292 e. The maximum atomic E-state index is 12.6. The largest absolute Gasteiger partial charge is 0.319 e. The zero-order valence-electron chi connectivity index (χ0n) is 15.3. The average Bonchev–Trinajstić information content (AvgIpc) is 2.68. The van der Waals surface area contributed by atoms with E-state index in [0.717, 1.165) is 15.8 Å². The Hall–Kier alpha value is -3.81. The highest BCUT2D eigenvalue weighted by atomic mass is 16.6. The number of aromatic nitrogens is 2. The van der Waals surface area contributed by atoms with E-state index in [-0.39, 0.29) is 11.4 Å². The number of nitrogens with zero attached hydrogens (tertiary/aromatic N) is 3. The minimum absolute atomic E-state index is 0.0621. The van der Waals surface area contributed by atoms with Gasteiger partial charge in [0.25, 0.3) is 11.2 Å². The Morgan fingerprint density at radius 1 is 1.11 bits per heavy atom. The number of aryl methyl sites for hydroxylation is 1. The molecule has 1 aromatic heterocycles. The predicted octanol–water partition coefficient (Wildman–Crippen LogP) is 3.33. The van der Waals surface area contributed by atoms with Crippen LogP contribution in [0.5, 0.6) is 0 Å². The maximum absolute atomic E-state index is 12.6. The van der Waals surface area contributed by atoms with Crippen LogP contribution in [0.1, 0.15) is 18.5 Å². The van der Waals surface area contributed by atoms with E-state index >= 15 is 0 Å². The molecule has 1 N–H and O–H groups in total. The Kier molecular flexibility index (Phi) is 5.30. The summed E-state index contributed by atoms with van der Waals surface area (Å²) in [5.41, 5.74) is 1.84. The third-order valence-electron chi connectivity index (χ3n) is 4.28. The maximum Gasteiger partial charge on any atom is 0.292 e. The molecule has 0 aliphatic heterocycles. The number of anilines is 1. The van der Waals surface area contributed by atoms with Crippen molar-refractivity contribution in [3.8, 4) is 11.3 Å². The van der Waals surface area contributed by atoms with Crippen LogP contribution in [-0.4, -0.2) is 20.6 Å². The lowest BCUT2D eigenvalue weighted by Gasteiger charge is -2.15. The summed E-state index contributed by atoms with van der Waals surface area (Å²) in [6.45, 7) is 3.48. The minimum Gasteiger partial charge on any atom is -0.319 e. The second kappa shape index (κ2) is 7.83. The number of benzene rings is 2. The van der Waals surface area contributed by atoms with Gasteiger partial charge in [0.2, 0.25) is 5.91 Å². The van der Waals surface area contributed by atoms with E-state index in [1.165, 1.54) is 31.2 Å². The van der Waals surface area contributed by atoms with E-state index in [4.69, 9.17) is 0 Å². The number of nitro benzene ring substituents is 1. The Morgan fingerprint density at radius 2 is 1.79 bits per heavy atom. The highest BCUT2D eigenvalue weighted by Crippen LogP contribution is 2.24. The Labute approximate surface area is 160 Å². The first-order valence-electron chi connectivity index (χ1n) is 8.58. The molecule has 1 heterocycles. The zero-order chi connectivity index (χ0) is 20.3. The summed E-state index contributed by atoms with van der Waals surface area (Å²) in [6, 6.07) is 15.4. The molecule has 0 saturated heterocycles. The number of hydrogen-bond acceptors (Lipinski definition) is 5. The monoisotopic (exact) mass is 378 g/mol. The third kappa shape index (κ3) is 3.96. The van der Waals surface area contributed by atoms with Crippen molar-refractivity contribution in [2.45, 2.75) is 19.9 Å². The highest BCUT2D eigenvalue weighted by Gasteiger charge is 2.21. The van der Waals surface area contributed by atoms with Gasteiger partial charge >= 0.3 is 0 Å². The van der Waals surface area contributed by atoms with Crippen molar-refractivity contribution in [2.75, 3.05) is 5.32 Å². The van der Waals surface area contributed by atoms with Crippen LogP contribution in [0.3, 0.4) is 0 Å². The quantitative estimate of drug-likeness (QED) is 0.541. The molecule has 8 nitrogen and oxygen atoms in total. The molecule has 0 spiro atoms. The summed E-state index contributed by atoms with van der Waals surface area (Å²) in [4.78, 5) is 35.4.